The van der Waals surface area contributed by atoms with Gasteiger partial charge in [-0.15, -0.1) is 0 Å². The average Bonchev–Trinajstić information content (AvgIpc) is 2.78. The zero-order valence-electron chi connectivity index (χ0n) is 18.9. The van der Waals surface area contributed by atoms with Crippen LogP contribution >= 0.6 is 0 Å². The summed E-state index contributed by atoms with van der Waals surface area (Å²) in [6.07, 6.45) is 5.63. The third kappa shape index (κ3) is 4.98. The summed E-state index contributed by atoms with van der Waals surface area (Å²) < 4.78 is 28.0. The number of aromatic hydroxyl groups is 1. The molecular formula is C26H29F2N3O2. The summed E-state index contributed by atoms with van der Waals surface area (Å²) in [4.78, 5) is 17.6. The van der Waals surface area contributed by atoms with Crippen LogP contribution in [0, 0.1) is 17.6 Å². The lowest BCUT2D eigenvalue weighted by Gasteiger charge is -2.29. The van der Waals surface area contributed by atoms with Crippen LogP contribution in [0.3, 0.4) is 0 Å². The second-order valence-electron chi connectivity index (χ2n) is 9.34. The molecule has 0 amide bonds. The highest BCUT2D eigenvalue weighted by Crippen LogP contribution is 2.35. The second kappa shape index (κ2) is 9.43. The van der Waals surface area contributed by atoms with Crippen LogP contribution in [0.5, 0.6) is 5.75 Å². The lowest BCUT2D eigenvalue weighted by Crippen LogP contribution is -2.33. The van der Waals surface area contributed by atoms with E-state index in [1.165, 1.54) is 0 Å². The number of Topliss-reactive ketones (excluding diaryl/α,β-unsaturated/α-hetero) is 1. The van der Waals surface area contributed by atoms with Gasteiger partial charge in [0.15, 0.2) is 23.2 Å². The smallest absolute Gasteiger partial charge is 0.187 e. The monoisotopic (exact) mass is 453 g/mol. The molecule has 0 spiro atoms. The van der Waals surface area contributed by atoms with Crippen molar-refractivity contribution in [1.29, 1.82) is 0 Å². The summed E-state index contributed by atoms with van der Waals surface area (Å²) in [5, 5.41) is 13.7. The Balaban J connectivity index is 1.83. The van der Waals surface area contributed by atoms with Crippen LogP contribution in [0.15, 0.2) is 36.5 Å². The number of fused-ring (bicyclic) bond motifs is 1. The first-order chi connectivity index (χ1) is 15.7. The molecule has 1 aromatic heterocycles. The summed E-state index contributed by atoms with van der Waals surface area (Å²) >= 11 is 0. The fourth-order valence-corrected chi connectivity index (χ4v) is 4.42. The van der Waals surface area contributed by atoms with Gasteiger partial charge >= 0.3 is 0 Å². The number of benzene rings is 2. The second-order valence-corrected chi connectivity index (χ2v) is 9.34. The minimum atomic E-state index is -1.03. The Hall–Kier alpha value is -3.06. The molecule has 0 aliphatic heterocycles. The van der Waals surface area contributed by atoms with Crippen molar-refractivity contribution in [2.75, 3.05) is 5.32 Å². The van der Waals surface area contributed by atoms with Crippen molar-refractivity contribution in [3.63, 3.8) is 0 Å². The minimum Gasteiger partial charge on any atom is -0.503 e. The molecule has 4 rings (SSSR count). The normalized spacial score (nSPS) is 18.6. The van der Waals surface area contributed by atoms with Gasteiger partial charge in [0.2, 0.25) is 0 Å². The molecule has 174 valence electrons. The van der Waals surface area contributed by atoms with E-state index in [-0.39, 0.29) is 29.3 Å². The molecule has 1 heterocycles. The number of carbonyl (C=O) groups is 1. The van der Waals surface area contributed by atoms with Gasteiger partial charge in [-0.1, -0.05) is 19.9 Å². The molecule has 1 saturated carbocycles. The van der Waals surface area contributed by atoms with E-state index in [1.54, 1.807) is 24.4 Å². The lowest BCUT2D eigenvalue weighted by atomic mass is 9.90. The van der Waals surface area contributed by atoms with Crippen LogP contribution in [0.25, 0.3) is 22.0 Å². The molecule has 0 unspecified atom stereocenters. The van der Waals surface area contributed by atoms with Gasteiger partial charge in [0.1, 0.15) is 0 Å². The number of hydrogen-bond donors (Lipinski definition) is 3. The molecule has 33 heavy (non-hydrogen) atoms. The number of carbonyl (C=O) groups excluding carboxylic acids is 1. The number of nitrogens with one attached hydrogen (secondary N) is 1. The van der Waals surface area contributed by atoms with Crippen molar-refractivity contribution in [3.8, 4) is 16.9 Å². The number of ketones is 1. The molecule has 5 nitrogen and oxygen atoms in total. The van der Waals surface area contributed by atoms with E-state index in [1.807, 2.05) is 13.8 Å². The number of aromatic nitrogens is 1. The van der Waals surface area contributed by atoms with Crippen LogP contribution in [0.1, 0.15) is 56.3 Å². The highest BCUT2D eigenvalue weighted by molar-refractivity contribution is 6.08. The molecule has 0 saturated heterocycles. The molecule has 2 aromatic carbocycles. The summed E-state index contributed by atoms with van der Waals surface area (Å²) in [5.74, 6) is -2.85. The number of rotatable bonds is 6. The number of pyridine rings is 1. The summed E-state index contributed by atoms with van der Waals surface area (Å²) in [6, 6.07) is 7.84. The lowest BCUT2D eigenvalue weighted by molar-refractivity contribution is 0.0968. The van der Waals surface area contributed by atoms with E-state index >= 15 is 0 Å². The van der Waals surface area contributed by atoms with E-state index in [0.717, 1.165) is 37.8 Å². The zero-order valence-corrected chi connectivity index (χ0v) is 18.9. The largest absolute Gasteiger partial charge is 0.503 e. The number of nitrogens with two attached hydrogens (primary N) is 1. The number of phenolic OH excluding ortho intramolecular Hbond substituents is 1. The summed E-state index contributed by atoms with van der Waals surface area (Å²) in [5.41, 5.74) is 8.81. The van der Waals surface area contributed by atoms with Crippen molar-refractivity contribution in [3.05, 3.63) is 53.7 Å². The van der Waals surface area contributed by atoms with Gasteiger partial charge in [-0.05, 0) is 67.0 Å². The molecule has 0 atom stereocenters. The number of nitrogens with zero attached hydrogens (tertiary/aromatic N) is 1. The topological polar surface area (TPSA) is 88.2 Å². The number of anilines is 1. The fraction of sp³-hybridized carbons (Fsp3) is 0.385. The third-order valence-corrected chi connectivity index (χ3v) is 6.23. The standard InChI is InChI=1S/C26H29F2N3O2/c1-14(2)9-24(32)20-13-30-23-8-3-15(16-11-21(27)26(33)22(28)12-16)10-19(23)25(20)31-18-6-4-17(29)5-7-18/h3,8,10-14,17-18,33H,4-7,9,29H2,1-2H3,(H,30,31). The van der Waals surface area contributed by atoms with Crippen LogP contribution in [0.2, 0.25) is 0 Å². The van der Waals surface area contributed by atoms with Gasteiger partial charge in [-0.2, -0.15) is 0 Å². The zero-order chi connectivity index (χ0) is 23.7. The minimum absolute atomic E-state index is 0.00142. The van der Waals surface area contributed by atoms with Gasteiger partial charge in [-0.25, -0.2) is 8.78 Å². The first-order valence-electron chi connectivity index (χ1n) is 11.4. The van der Waals surface area contributed by atoms with Gasteiger partial charge in [-0.3, -0.25) is 9.78 Å². The van der Waals surface area contributed by atoms with Crippen molar-refractivity contribution >= 4 is 22.4 Å². The number of hydrogen-bond acceptors (Lipinski definition) is 5. The third-order valence-electron chi connectivity index (χ3n) is 6.23. The van der Waals surface area contributed by atoms with Gasteiger partial charge < -0.3 is 16.2 Å². The van der Waals surface area contributed by atoms with Gasteiger partial charge in [0.05, 0.1) is 16.8 Å². The number of phenols is 1. The Morgan fingerprint density at radius 1 is 1.12 bits per heavy atom. The maximum absolute atomic E-state index is 14.0. The maximum atomic E-state index is 14.0. The van der Waals surface area contributed by atoms with E-state index in [2.05, 4.69) is 10.3 Å². The van der Waals surface area contributed by atoms with Gasteiger partial charge in [0.25, 0.3) is 0 Å². The summed E-state index contributed by atoms with van der Waals surface area (Å²) in [6.45, 7) is 3.99. The highest BCUT2D eigenvalue weighted by Gasteiger charge is 2.23. The molecule has 1 fully saturated rings. The fourth-order valence-electron chi connectivity index (χ4n) is 4.42. The average molecular weight is 454 g/mol. The van der Waals surface area contributed by atoms with Crippen molar-refractivity contribution in [2.45, 2.75) is 58.0 Å². The molecule has 0 radical (unpaired) electrons. The highest BCUT2D eigenvalue weighted by atomic mass is 19.1. The Morgan fingerprint density at radius 3 is 2.42 bits per heavy atom. The van der Waals surface area contributed by atoms with E-state index < -0.39 is 17.4 Å². The van der Waals surface area contributed by atoms with Crippen LogP contribution in [-0.2, 0) is 0 Å². The first kappa shape index (κ1) is 23.1. The maximum Gasteiger partial charge on any atom is 0.187 e. The van der Waals surface area contributed by atoms with Crippen LogP contribution in [-0.4, -0.2) is 28.0 Å². The predicted octanol–water partition coefficient (Wildman–Crippen LogP) is 5.80. The van der Waals surface area contributed by atoms with Gasteiger partial charge in [0, 0.05) is 30.1 Å². The first-order valence-corrected chi connectivity index (χ1v) is 11.4. The molecular weight excluding hydrogens is 424 g/mol. The quantitative estimate of drug-likeness (QED) is 0.411. The SMILES string of the molecule is CC(C)CC(=O)c1cnc2ccc(-c3cc(F)c(O)c(F)c3)cc2c1NC1CCC(N)CC1. The molecule has 1 aliphatic carbocycles. The Morgan fingerprint density at radius 2 is 1.79 bits per heavy atom. The van der Waals surface area contributed by atoms with Crippen molar-refractivity contribution < 1.29 is 18.7 Å². The summed E-state index contributed by atoms with van der Waals surface area (Å²) in [7, 11) is 0. The Kier molecular flexibility index (Phi) is 6.61. The molecule has 3 aromatic rings. The van der Waals surface area contributed by atoms with Crippen LogP contribution in [0.4, 0.5) is 14.5 Å². The number of halogens is 2. The van der Waals surface area contributed by atoms with Crippen molar-refractivity contribution in [1.82, 2.24) is 4.98 Å². The van der Waals surface area contributed by atoms with Crippen molar-refractivity contribution in [2.24, 2.45) is 11.7 Å². The van der Waals surface area contributed by atoms with E-state index in [0.29, 0.717) is 34.1 Å². The van der Waals surface area contributed by atoms with E-state index in [4.69, 9.17) is 5.73 Å². The molecule has 4 N–H and O–H groups in total. The van der Waals surface area contributed by atoms with E-state index in [9.17, 15) is 18.7 Å². The Labute approximate surface area is 192 Å². The predicted molar refractivity (Wildman–Crippen MR) is 126 cm³/mol. The Bertz CT molecular complexity index is 1160. The molecule has 1 aliphatic rings. The molecule has 7 heteroatoms. The molecule has 0 bridgehead atoms. The van der Waals surface area contributed by atoms with Crippen LogP contribution < -0.4 is 11.1 Å².